The SMILES string of the molecule is C[C](C)([Cr][C]1=C(c2cccc([Si](C)(C)Cl)c2)C=CC1)c1ccccn1.Cl.Cl. The molecular weight excluding hydrogens is 453 g/mol. The molecule has 0 amide bonds. The molecule has 1 aliphatic rings. The molecule has 0 spiro atoms. The van der Waals surface area contributed by atoms with Crippen LogP contribution in [0.25, 0.3) is 5.57 Å². The molecule has 3 rings (SSSR count). The molecule has 1 aromatic carbocycles. The van der Waals surface area contributed by atoms with Crippen LogP contribution in [0.5, 0.6) is 0 Å². The Morgan fingerprint density at radius 1 is 1.07 bits per heavy atom. The zero-order valence-corrected chi connectivity index (χ0v) is 20.7. The minimum absolute atomic E-state index is 0. The van der Waals surface area contributed by atoms with Crippen molar-refractivity contribution in [3.8, 4) is 0 Å². The molecule has 1 aliphatic carbocycles. The van der Waals surface area contributed by atoms with E-state index in [4.69, 9.17) is 11.1 Å². The molecule has 0 unspecified atom stereocenters. The van der Waals surface area contributed by atoms with E-state index >= 15 is 0 Å². The largest absolute Gasteiger partial charge is 0.147 e. The van der Waals surface area contributed by atoms with Crippen LogP contribution >= 0.6 is 35.9 Å². The molecule has 0 bridgehead atoms. The molecule has 6 heteroatoms. The van der Waals surface area contributed by atoms with E-state index in [1.165, 1.54) is 22.0 Å². The van der Waals surface area contributed by atoms with Gasteiger partial charge in [0.2, 0.25) is 0 Å². The first-order valence-electron chi connectivity index (χ1n) is 8.57. The van der Waals surface area contributed by atoms with E-state index in [0.717, 1.165) is 6.42 Å². The second-order valence-electron chi connectivity index (χ2n) is 7.32. The number of pyridine rings is 1. The quantitative estimate of drug-likeness (QED) is 0.365. The summed E-state index contributed by atoms with van der Waals surface area (Å²) in [5, 5.41) is 1.30. The number of nitrogens with zero attached hydrogens (tertiary/aromatic N) is 1. The van der Waals surface area contributed by atoms with Crippen LogP contribution in [-0.4, -0.2) is 12.4 Å². The van der Waals surface area contributed by atoms with Crippen LogP contribution in [0, 0.1) is 0 Å². The predicted octanol–water partition coefficient (Wildman–Crippen LogP) is 6.26. The molecule has 1 heterocycles. The number of allylic oxidation sites excluding steroid dienone is 4. The summed E-state index contributed by atoms with van der Waals surface area (Å²) >= 11 is 7.00. The van der Waals surface area contributed by atoms with E-state index in [1.54, 1.807) is 4.44 Å². The Bertz CT molecular complexity index is 827. The van der Waals surface area contributed by atoms with Crippen molar-refractivity contribution in [3.63, 3.8) is 0 Å². The molecule has 0 fully saturated rings. The number of benzene rings is 1. The number of rotatable bonds is 5. The number of hydrogen-bond donors (Lipinski definition) is 0. The van der Waals surface area contributed by atoms with Crippen LogP contribution in [0.1, 0.15) is 31.5 Å². The second kappa shape index (κ2) is 9.79. The van der Waals surface area contributed by atoms with Crippen LogP contribution in [0.4, 0.5) is 0 Å². The zero-order valence-electron chi connectivity index (χ0n) is 16.0. The van der Waals surface area contributed by atoms with Gasteiger partial charge in [-0.05, 0) is 0 Å². The molecule has 0 saturated carbocycles. The smallest absolute Gasteiger partial charge is 0.147 e. The third-order valence-electron chi connectivity index (χ3n) is 4.41. The van der Waals surface area contributed by atoms with E-state index in [1.807, 2.05) is 12.3 Å². The predicted molar refractivity (Wildman–Crippen MR) is 122 cm³/mol. The fraction of sp³-hybridized carbons (Fsp3) is 0.286. The fourth-order valence-electron chi connectivity index (χ4n) is 2.98. The second-order valence-corrected chi connectivity index (χ2v) is 16.4. The van der Waals surface area contributed by atoms with Gasteiger partial charge in [0.15, 0.2) is 0 Å². The Morgan fingerprint density at radius 2 is 1.81 bits per heavy atom. The molecule has 0 aliphatic heterocycles. The molecule has 1 nitrogen and oxygen atoms in total. The summed E-state index contributed by atoms with van der Waals surface area (Å²) in [6.07, 6.45) is 7.52. The first-order chi connectivity index (χ1) is 11.8. The summed E-state index contributed by atoms with van der Waals surface area (Å²) in [6, 6.07) is 15.0. The van der Waals surface area contributed by atoms with Gasteiger partial charge < -0.3 is 0 Å². The summed E-state index contributed by atoms with van der Waals surface area (Å²) in [6.45, 7) is 8.98. The maximum absolute atomic E-state index is 6.66. The molecule has 0 saturated heterocycles. The Balaban J connectivity index is 0.00000182. The maximum Gasteiger partial charge on any atom is -0.147 e. The van der Waals surface area contributed by atoms with Crippen molar-refractivity contribution < 1.29 is 15.2 Å². The van der Waals surface area contributed by atoms with Crippen molar-refractivity contribution in [1.29, 1.82) is 0 Å². The van der Waals surface area contributed by atoms with Crippen LogP contribution in [0.3, 0.4) is 0 Å². The number of aromatic nitrogens is 1. The summed E-state index contributed by atoms with van der Waals surface area (Å²) in [7, 11) is -1.82. The van der Waals surface area contributed by atoms with Crippen LogP contribution in [-0.2, 0) is 19.5 Å². The first kappa shape index (κ1) is 24.5. The topological polar surface area (TPSA) is 12.9 Å². The molecule has 27 heavy (non-hydrogen) atoms. The van der Waals surface area contributed by atoms with Gasteiger partial charge in [-0.15, -0.1) is 24.8 Å². The number of halogens is 3. The molecule has 0 N–H and O–H groups in total. The average molecular weight is 479 g/mol. The summed E-state index contributed by atoms with van der Waals surface area (Å²) < 4.78 is 1.63. The minimum Gasteiger partial charge on any atom is -0.147 e. The molecule has 1 aromatic heterocycles. The van der Waals surface area contributed by atoms with Gasteiger partial charge in [-0.1, -0.05) is 0 Å². The summed E-state index contributed by atoms with van der Waals surface area (Å²) in [4.78, 5) is 4.60. The third kappa shape index (κ3) is 5.97. The van der Waals surface area contributed by atoms with E-state index in [9.17, 15) is 0 Å². The molecule has 0 radical (unpaired) electrons. The average Bonchev–Trinajstić information content (AvgIpc) is 3.02. The Morgan fingerprint density at radius 3 is 2.44 bits per heavy atom. The van der Waals surface area contributed by atoms with Gasteiger partial charge >= 0.3 is 164 Å². The van der Waals surface area contributed by atoms with Gasteiger partial charge in [-0.2, -0.15) is 0 Å². The van der Waals surface area contributed by atoms with Crippen LogP contribution < -0.4 is 5.19 Å². The normalized spacial score (nSPS) is 14.0. The van der Waals surface area contributed by atoms with Crippen molar-refractivity contribution in [2.75, 3.05) is 0 Å². The molecule has 2 aromatic rings. The van der Waals surface area contributed by atoms with Gasteiger partial charge in [0, 0.05) is 0 Å². The fourth-order valence-corrected chi connectivity index (χ4v) is 6.38. The van der Waals surface area contributed by atoms with Gasteiger partial charge in [-0.25, -0.2) is 0 Å². The van der Waals surface area contributed by atoms with Crippen molar-refractivity contribution in [3.05, 3.63) is 76.5 Å². The van der Waals surface area contributed by atoms with Gasteiger partial charge in [0.05, 0.1) is 0 Å². The molecular formula is C21H26Cl3CrNSi. The molecule has 146 valence electrons. The van der Waals surface area contributed by atoms with Gasteiger partial charge in [0.1, 0.15) is 0 Å². The Kier molecular flexibility index (Phi) is 8.89. The first-order valence-corrected chi connectivity index (χ1v) is 13.9. The zero-order chi connectivity index (χ0) is 18.1. The van der Waals surface area contributed by atoms with E-state index in [0.29, 0.717) is 15.2 Å². The maximum atomic E-state index is 6.66. The summed E-state index contributed by atoms with van der Waals surface area (Å²) in [5.74, 6) is 0. The van der Waals surface area contributed by atoms with Crippen LogP contribution in [0.15, 0.2) is 65.2 Å². The molecule has 0 atom stereocenters. The monoisotopic (exact) mass is 477 g/mol. The van der Waals surface area contributed by atoms with Crippen LogP contribution in [0.2, 0.25) is 13.1 Å². The van der Waals surface area contributed by atoms with Gasteiger partial charge in [-0.3, -0.25) is 0 Å². The van der Waals surface area contributed by atoms with Crippen molar-refractivity contribution in [2.45, 2.75) is 37.6 Å². The summed E-state index contributed by atoms with van der Waals surface area (Å²) in [5.41, 5.74) is 3.87. The minimum atomic E-state index is -1.82. The van der Waals surface area contributed by atoms with E-state index in [2.05, 4.69) is 80.5 Å². The number of hydrogen-bond acceptors (Lipinski definition) is 1. The Labute approximate surface area is 187 Å². The van der Waals surface area contributed by atoms with Crippen molar-refractivity contribution >= 4 is 54.0 Å². The van der Waals surface area contributed by atoms with Gasteiger partial charge in [0.25, 0.3) is 0 Å². The van der Waals surface area contributed by atoms with E-state index < -0.39 is 7.38 Å². The van der Waals surface area contributed by atoms with Crippen molar-refractivity contribution in [1.82, 2.24) is 4.98 Å². The van der Waals surface area contributed by atoms with E-state index in [-0.39, 0.29) is 29.1 Å². The standard InChI is InChI=1S/C13H14ClSi.C8H10N.2ClH.Cr/c1-15(2,14)13-9-5-8-12(10-13)11-6-3-4-7-11;1-7(2)8-5-3-4-6-9-8;;;/h3,5-6,8-10H,4H2,1-2H3;3-6H,1-2H3;2*1H;. The third-order valence-corrected chi connectivity index (χ3v) is 8.86. The Hall–Kier alpha value is -0.531. The van der Waals surface area contributed by atoms with Crippen molar-refractivity contribution in [2.24, 2.45) is 0 Å².